The Morgan fingerprint density at radius 2 is 1.88 bits per heavy atom. The lowest BCUT2D eigenvalue weighted by atomic mass is 10.4. The number of nitrogens with zero attached hydrogens (tertiary/aromatic N) is 1. The highest BCUT2D eigenvalue weighted by atomic mass is 16.6. The molecule has 0 atom stereocenters. The van der Waals surface area contributed by atoms with Gasteiger partial charge in [0.25, 0.3) is 0 Å². The SMILES string of the molecule is CC=CC(=O)OC(=O)C=CCN1CCOCC1. The monoisotopic (exact) mass is 239 g/mol. The zero-order valence-electron chi connectivity index (χ0n) is 9.93. The molecule has 0 bridgehead atoms. The summed E-state index contributed by atoms with van der Waals surface area (Å²) in [6, 6.07) is 0. The first-order valence-corrected chi connectivity index (χ1v) is 5.57. The third-order valence-electron chi connectivity index (χ3n) is 2.23. The first-order chi connectivity index (χ1) is 8.22. The van der Waals surface area contributed by atoms with E-state index in [4.69, 9.17) is 4.74 Å². The van der Waals surface area contributed by atoms with Gasteiger partial charge in [-0.1, -0.05) is 12.2 Å². The lowest BCUT2D eigenvalue weighted by Gasteiger charge is -2.24. The number of rotatable bonds is 4. The smallest absolute Gasteiger partial charge is 0.338 e. The van der Waals surface area contributed by atoms with E-state index >= 15 is 0 Å². The van der Waals surface area contributed by atoms with Gasteiger partial charge in [0.1, 0.15) is 0 Å². The third-order valence-corrected chi connectivity index (χ3v) is 2.23. The topological polar surface area (TPSA) is 55.8 Å². The van der Waals surface area contributed by atoms with Crippen LogP contribution in [0.15, 0.2) is 24.3 Å². The maximum Gasteiger partial charge on any atom is 0.338 e. The molecule has 17 heavy (non-hydrogen) atoms. The van der Waals surface area contributed by atoms with Crippen LogP contribution in [0.3, 0.4) is 0 Å². The van der Waals surface area contributed by atoms with Crippen molar-refractivity contribution >= 4 is 11.9 Å². The molecule has 0 N–H and O–H groups in total. The molecular weight excluding hydrogens is 222 g/mol. The van der Waals surface area contributed by atoms with Gasteiger partial charge < -0.3 is 9.47 Å². The van der Waals surface area contributed by atoms with E-state index in [0.29, 0.717) is 6.54 Å². The summed E-state index contributed by atoms with van der Waals surface area (Å²) in [6.07, 6.45) is 5.69. The lowest BCUT2D eigenvalue weighted by Crippen LogP contribution is -2.36. The van der Waals surface area contributed by atoms with Crippen molar-refractivity contribution in [2.45, 2.75) is 6.92 Å². The predicted octanol–water partition coefficient (Wildman–Crippen LogP) is 0.521. The zero-order chi connectivity index (χ0) is 12.5. The molecule has 1 aliphatic heterocycles. The van der Waals surface area contributed by atoms with Crippen molar-refractivity contribution in [3.05, 3.63) is 24.3 Å². The number of carbonyl (C=O) groups is 2. The fourth-order valence-corrected chi connectivity index (χ4v) is 1.39. The zero-order valence-corrected chi connectivity index (χ0v) is 9.93. The third kappa shape index (κ3) is 5.99. The van der Waals surface area contributed by atoms with Gasteiger partial charge in [-0.05, 0) is 6.92 Å². The van der Waals surface area contributed by atoms with Crippen LogP contribution >= 0.6 is 0 Å². The second-order valence-electron chi connectivity index (χ2n) is 3.56. The maximum absolute atomic E-state index is 11.2. The van der Waals surface area contributed by atoms with Crippen molar-refractivity contribution < 1.29 is 19.1 Å². The summed E-state index contributed by atoms with van der Waals surface area (Å²) in [4.78, 5) is 24.2. The molecule has 0 amide bonds. The molecular formula is C12H17NO4. The molecule has 1 fully saturated rings. The Bertz CT molecular complexity index is 316. The van der Waals surface area contributed by atoms with Gasteiger partial charge in [0.15, 0.2) is 0 Å². The highest BCUT2D eigenvalue weighted by Gasteiger charge is 2.08. The molecule has 1 saturated heterocycles. The Hall–Kier alpha value is -1.46. The Balaban J connectivity index is 2.23. The fourth-order valence-electron chi connectivity index (χ4n) is 1.39. The summed E-state index contributed by atoms with van der Waals surface area (Å²) >= 11 is 0. The van der Waals surface area contributed by atoms with Crippen LogP contribution in [-0.4, -0.2) is 49.7 Å². The molecule has 1 aliphatic rings. The van der Waals surface area contributed by atoms with E-state index in [0.717, 1.165) is 26.3 Å². The van der Waals surface area contributed by atoms with Crippen molar-refractivity contribution in [2.24, 2.45) is 0 Å². The standard InChI is InChI=1S/C12H17NO4/c1-2-4-11(14)17-12(15)5-3-6-13-7-9-16-10-8-13/h2-5H,6-10H2,1H3. The molecule has 0 radical (unpaired) electrons. The van der Waals surface area contributed by atoms with Gasteiger partial charge in [-0.25, -0.2) is 9.59 Å². The summed E-state index contributed by atoms with van der Waals surface area (Å²) in [6.45, 7) is 5.50. The van der Waals surface area contributed by atoms with Crippen LogP contribution in [0.4, 0.5) is 0 Å². The van der Waals surface area contributed by atoms with E-state index in [1.165, 1.54) is 18.2 Å². The second kappa shape index (κ2) is 7.76. The van der Waals surface area contributed by atoms with Gasteiger partial charge in [-0.3, -0.25) is 4.90 Å². The molecule has 0 aromatic carbocycles. The minimum absolute atomic E-state index is 0.638. The van der Waals surface area contributed by atoms with E-state index in [-0.39, 0.29) is 0 Å². The first-order valence-electron chi connectivity index (χ1n) is 5.57. The quantitative estimate of drug-likeness (QED) is 0.407. The average Bonchev–Trinajstić information content (AvgIpc) is 2.30. The predicted molar refractivity (Wildman–Crippen MR) is 62.3 cm³/mol. The molecule has 0 spiro atoms. The van der Waals surface area contributed by atoms with E-state index < -0.39 is 11.9 Å². The highest BCUT2D eigenvalue weighted by molar-refractivity contribution is 5.96. The molecule has 1 heterocycles. The molecule has 0 aliphatic carbocycles. The van der Waals surface area contributed by atoms with Crippen LogP contribution in [0.5, 0.6) is 0 Å². The average molecular weight is 239 g/mol. The fraction of sp³-hybridized carbons (Fsp3) is 0.500. The van der Waals surface area contributed by atoms with Gasteiger partial charge in [-0.15, -0.1) is 0 Å². The Morgan fingerprint density at radius 3 is 2.53 bits per heavy atom. The Kier molecular flexibility index (Phi) is 6.21. The van der Waals surface area contributed by atoms with Gasteiger partial charge in [0.2, 0.25) is 0 Å². The first kappa shape index (κ1) is 13.6. The highest BCUT2D eigenvalue weighted by Crippen LogP contribution is 1.96. The molecule has 0 aromatic heterocycles. The molecule has 5 heteroatoms. The van der Waals surface area contributed by atoms with Gasteiger partial charge in [-0.2, -0.15) is 0 Å². The van der Waals surface area contributed by atoms with Crippen LogP contribution in [0, 0.1) is 0 Å². The van der Waals surface area contributed by atoms with Gasteiger partial charge in [0.05, 0.1) is 13.2 Å². The Labute approximate surface area is 101 Å². The Morgan fingerprint density at radius 1 is 1.24 bits per heavy atom. The number of morpholine rings is 1. The molecule has 0 aromatic rings. The summed E-state index contributed by atoms with van der Waals surface area (Å²) in [5.41, 5.74) is 0. The van der Waals surface area contributed by atoms with Crippen LogP contribution < -0.4 is 0 Å². The number of hydrogen-bond acceptors (Lipinski definition) is 5. The molecule has 0 saturated carbocycles. The van der Waals surface area contributed by atoms with E-state index in [1.54, 1.807) is 13.0 Å². The lowest BCUT2D eigenvalue weighted by molar-refractivity contribution is -0.152. The number of esters is 2. The molecule has 1 rings (SSSR count). The normalized spacial score (nSPS) is 17.7. The summed E-state index contributed by atoms with van der Waals surface area (Å²) in [7, 11) is 0. The van der Waals surface area contributed by atoms with Crippen LogP contribution in [0.2, 0.25) is 0 Å². The van der Waals surface area contributed by atoms with Crippen molar-refractivity contribution in [3.63, 3.8) is 0 Å². The number of hydrogen-bond donors (Lipinski definition) is 0. The van der Waals surface area contributed by atoms with E-state index in [2.05, 4.69) is 9.64 Å². The van der Waals surface area contributed by atoms with E-state index in [1.807, 2.05) is 0 Å². The number of ether oxygens (including phenoxy) is 2. The van der Waals surface area contributed by atoms with E-state index in [9.17, 15) is 9.59 Å². The van der Waals surface area contributed by atoms with Crippen molar-refractivity contribution in [1.29, 1.82) is 0 Å². The van der Waals surface area contributed by atoms with Crippen molar-refractivity contribution in [2.75, 3.05) is 32.8 Å². The van der Waals surface area contributed by atoms with Crippen molar-refractivity contribution in [1.82, 2.24) is 4.90 Å². The summed E-state index contributed by atoms with van der Waals surface area (Å²) in [5.74, 6) is -1.28. The second-order valence-corrected chi connectivity index (χ2v) is 3.56. The van der Waals surface area contributed by atoms with Crippen molar-refractivity contribution in [3.8, 4) is 0 Å². The number of carbonyl (C=O) groups excluding carboxylic acids is 2. The molecule has 94 valence electrons. The number of allylic oxidation sites excluding steroid dienone is 1. The van der Waals surface area contributed by atoms with Gasteiger partial charge in [0, 0.05) is 31.8 Å². The van der Waals surface area contributed by atoms with Crippen LogP contribution in [-0.2, 0) is 19.1 Å². The maximum atomic E-state index is 11.2. The molecule has 0 unspecified atom stereocenters. The minimum atomic E-state index is -0.645. The summed E-state index contributed by atoms with van der Waals surface area (Å²) < 4.78 is 9.68. The molecule has 5 nitrogen and oxygen atoms in total. The minimum Gasteiger partial charge on any atom is -0.387 e. The summed E-state index contributed by atoms with van der Waals surface area (Å²) in [5, 5.41) is 0. The van der Waals surface area contributed by atoms with Crippen LogP contribution in [0.1, 0.15) is 6.92 Å². The van der Waals surface area contributed by atoms with Crippen LogP contribution in [0.25, 0.3) is 0 Å². The largest absolute Gasteiger partial charge is 0.387 e. The van der Waals surface area contributed by atoms with Gasteiger partial charge >= 0.3 is 11.9 Å².